The van der Waals surface area contributed by atoms with E-state index in [1.165, 1.54) is 6.07 Å². The van der Waals surface area contributed by atoms with Gasteiger partial charge in [0.25, 0.3) is 5.69 Å². The number of nitrogens with zero attached hydrogens (tertiary/aromatic N) is 1. The van der Waals surface area contributed by atoms with Crippen LogP contribution in [0.1, 0.15) is 12.5 Å². The Morgan fingerprint density at radius 1 is 1.17 bits per heavy atom. The molecule has 0 atom stereocenters. The van der Waals surface area contributed by atoms with Crippen LogP contribution in [0.5, 0.6) is 5.75 Å². The van der Waals surface area contributed by atoms with Crippen LogP contribution in [0.25, 0.3) is 0 Å². The number of ether oxygens (including phenoxy) is 1. The Labute approximate surface area is 139 Å². The molecule has 2 rings (SSSR count). The van der Waals surface area contributed by atoms with Gasteiger partial charge >= 0.3 is 0 Å². The molecule has 0 bridgehead atoms. The molecule has 120 valence electrons. The van der Waals surface area contributed by atoms with Gasteiger partial charge < -0.3 is 15.4 Å². The molecule has 2 aromatic rings. The maximum absolute atomic E-state index is 11.0. The van der Waals surface area contributed by atoms with Crippen LogP contribution in [0.2, 0.25) is 0 Å². The molecule has 0 heterocycles. The van der Waals surface area contributed by atoms with Crippen molar-refractivity contribution in [3.8, 4) is 5.75 Å². The largest absolute Gasteiger partial charge is 0.492 e. The third-order valence-electron chi connectivity index (χ3n) is 3.19. The molecule has 0 aliphatic heterocycles. The Morgan fingerprint density at radius 3 is 2.52 bits per heavy atom. The molecule has 0 saturated carbocycles. The number of anilines is 2. The summed E-state index contributed by atoms with van der Waals surface area (Å²) in [7, 11) is 0. The summed E-state index contributed by atoms with van der Waals surface area (Å²) >= 11 is 5.28. The topological polar surface area (TPSA) is 76.4 Å². The minimum atomic E-state index is -0.415. The molecule has 0 fully saturated rings. The van der Waals surface area contributed by atoms with Crippen molar-refractivity contribution < 1.29 is 9.66 Å². The number of nitro benzene ring substituents is 1. The third-order valence-corrected chi connectivity index (χ3v) is 3.39. The lowest BCUT2D eigenvalue weighted by Gasteiger charge is -2.15. The third kappa shape index (κ3) is 4.17. The second-order valence-corrected chi connectivity index (χ2v) is 5.12. The molecule has 2 aromatic carbocycles. The predicted molar refractivity (Wildman–Crippen MR) is 95.3 cm³/mol. The summed E-state index contributed by atoms with van der Waals surface area (Å²) < 4.78 is 5.52. The van der Waals surface area contributed by atoms with E-state index in [-0.39, 0.29) is 5.69 Å². The molecule has 6 nitrogen and oxygen atoms in total. The van der Waals surface area contributed by atoms with Crippen molar-refractivity contribution in [1.29, 1.82) is 0 Å². The molecule has 7 heteroatoms. The fourth-order valence-corrected chi connectivity index (χ4v) is 2.30. The first-order valence-corrected chi connectivity index (χ1v) is 7.47. The van der Waals surface area contributed by atoms with Crippen LogP contribution in [-0.4, -0.2) is 16.6 Å². The SMILES string of the molecule is CCOc1ccccc1NC(=S)Nc1cccc([N+](=O)[O-])c1C. The summed E-state index contributed by atoms with van der Waals surface area (Å²) in [6.45, 7) is 4.12. The van der Waals surface area contributed by atoms with Gasteiger partial charge in [0.05, 0.1) is 28.5 Å². The summed E-state index contributed by atoms with van der Waals surface area (Å²) in [6.07, 6.45) is 0. The number of hydrogen-bond acceptors (Lipinski definition) is 4. The van der Waals surface area contributed by atoms with E-state index in [0.29, 0.717) is 28.7 Å². The van der Waals surface area contributed by atoms with Crippen LogP contribution in [0, 0.1) is 17.0 Å². The van der Waals surface area contributed by atoms with Gasteiger partial charge in [0.1, 0.15) is 5.75 Å². The van der Waals surface area contributed by atoms with E-state index in [0.717, 1.165) is 5.69 Å². The fraction of sp³-hybridized carbons (Fsp3) is 0.188. The quantitative estimate of drug-likeness (QED) is 0.488. The second kappa shape index (κ2) is 7.55. The zero-order valence-corrected chi connectivity index (χ0v) is 13.6. The summed E-state index contributed by atoms with van der Waals surface area (Å²) in [6, 6.07) is 12.2. The van der Waals surface area contributed by atoms with Gasteiger partial charge in [0.2, 0.25) is 0 Å². The molecule has 2 N–H and O–H groups in total. The first kappa shape index (κ1) is 16.7. The van der Waals surface area contributed by atoms with Crippen molar-refractivity contribution in [2.24, 2.45) is 0 Å². The van der Waals surface area contributed by atoms with E-state index in [1.54, 1.807) is 19.1 Å². The fourth-order valence-electron chi connectivity index (χ4n) is 2.08. The molecule has 0 aliphatic rings. The van der Waals surface area contributed by atoms with Crippen molar-refractivity contribution in [3.05, 3.63) is 58.1 Å². The average molecular weight is 331 g/mol. The maximum atomic E-state index is 11.0. The van der Waals surface area contributed by atoms with E-state index in [2.05, 4.69) is 10.6 Å². The number of nitro groups is 1. The summed E-state index contributed by atoms with van der Waals surface area (Å²) in [4.78, 5) is 10.6. The van der Waals surface area contributed by atoms with Gasteiger partial charge in [-0.25, -0.2) is 0 Å². The van der Waals surface area contributed by atoms with Crippen molar-refractivity contribution in [3.63, 3.8) is 0 Å². The molecule has 0 aromatic heterocycles. The van der Waals surface area contributed by atoms with Crippen LogP contribution in [0.4, 0.5) is 17.1 Å². The average Bonchev–Trinajstić information content (AvgIpc) is 2.51. The first-order chi connectivity index (χ1) is 11.0. The first-order valence-electron chi connectivity index (χ1n) is 7.06. The Bertz CT molecular complexity index is 734. The molecule has 0 radical (unpaired) electrons. The van der Waals surface area contributed by atoms with Crippen molar-refractivity contribution in [2.75, 3.05) is 17.2 Å². The van der Waals surface area contributed by atoms with E-state index < -0.39 is 4.92 Å². The number of hydrogen-bond donors (Lipinski definition) is 2. The highest BCUT2D eigenvalue weighted by molar-refractivity contribution is 7.80. The van der Waals surface area contributed by atoms with Crippen molar-refractivity contribution in [1.82, 2.24) is 0 Å². The number of benzene rings is 2. The van der Waals surface area contributed by atoms with Gasteiger partial charge in [-0.15, -0.1) is 0 Å². The number of para-hydroxylation sites is 2. The van der Waals surface area contributed by atoms with Gasteiger partial charge in [0, 0.05) is 6.07 Å². The van der Waals surface area contributed by atoms with Gasteiger partial charge in [-0.3, -0.25) is 10.1 Å². The minimum Gasteiger partial charge on any atom is -0.492 e. The minimum absolute atomic E-state index is 0.0486. The van der Waals surface area contributed by atoms with Crippen LogP contribution < -0.4 is 15.4 Å². The molecule has 0 aliphatic carbocycles. The lowest BCUT2D eigenvalue weighted by atomic mass is 10.1. The van der Waals surface area contributed by atoms with Crippen molar-refractivity contribution >= 4 is 34.4 Å². The summed E-state index contributed by atoms with van der Waals surface area (Å²) in [5.74, 6) is 0.690. The number of thiocarbonyl (C=S) groups is 1. The highest BCUT2D eigenvalue weighted by atomic mass is 32.1. The maximum Gasteiger partial charge on any atom is 0.274 e. The van der Waals surface area contributed by atoms with Gasteiger partial charge in [-0.1, -0.05) is 18.2 Å². The summed E-state index contributed by atoms with van der Waals surface area (Å²) in [5, 5.41) is 17.3. The lowest BCUT2D eigenvalue weighted by molar-refractivity contribution is -0.385. The zero-order valence-electron chi connectivity index (χ0n) is 12.8. The molecule has 0 unspecified atom stereocenters. The normalized spacial score (nSPS) is 10.0. The van der Waals surface area contributed by atoms with Crippen LogP contribution >= 0.6 is 12.2 Å². The Hall–Kier alpha value is -2.67. The Kier molecular flexibility index (Phi) is 5.48. The van der Waals surface area contributed by atoms with Crippen LogP contribution in [0.15, 0.2) is 42.5 Å². The second-order valence-electron chi connectivity index (χ2n) is 4.72. The molecule has 0 saturated heterocycles. The van der Waals surface area contributed by atoms with Crippen molar-refractivity contribution in [2.45, 2.75) is 13.8 Å². The van der Waals surface area contributed by atoms with Crippen LogP contribution in [-0.2, 0) is 0 Å². The lowest BCUT2D eigenvalue weighted by Crippen LogP contribution is -2.20. The Balaban J connectivity index is 2.15. The van der Waals surface area contributed by atoms with Gasteiger partial charge in [-0.05, 0) is 44.3 Å². The molecular formula is C16H17N3O3S. The van der Waals surface area contributed by atoms with Gasteiger partial charge in [-0.2, -0.15) is 0 Å². The molecule has 23 heavy (non-hydrogen) atoms. The Morgan fingerprint density at radius 2 is 1.83 bits per heavy atom. The van der Waals surface area contributed by atoms with E-state index in [4.69, 9.17) is 17.0 Å². The van der Waals surface area contributed by atoms with E-state index >= 15 is 0 Å². The zero-order chi connectivity index (χ0) is 16.8. The smallest absolute Gasteiger partial charge is 0.274 e. The van der Waals surface area contributed by atoms with Crippen LogP contribution in [0.3, 0.4) is 0 Å². The molecular weight excluding hydrogens is 314 g/mol. The van der Waals surface area contributed by atoms with Gasteiger partial charge in [0.15, 0.2) is 5.11 Å². The monoisotopic (exact) mass is 331 g/mol. The summed E-state index contributed by atoms with van der Waals surface area (Å²) in [5.41, 5.74) is 1.90. The highest BCUT2D eigenvalue weighted by Crippen LogP contribution is 2.26. The van der Waals surface area contributed by atoms with E-state index in [1.807, 2.05) is 31.2 Å². The highest BCUT2D eigenvalue weighted by Gasteiger charge is 2.14. The number of rotatable bonds is 5. The molecule has 0 amide bonds. The predicted octanol–water partition coefficient (Wildman–Crippen LogP) is 4.11. The standard InChI is InChI=1S/C16H17N3O3S/c1-3-22-15-10-5-4-7-13(15)18-16(23)17-12-8-6-9-14(11(12)2)19(20)21/h4-10H,3H2,1-2H3,(H2,17,18,23). The van der Waals surface area contributed by atoms with E-state index in [9.17, 15) is 10.1 Å². The molecule has 0 spiro atoms. The number of nitrogens with one attached hydrogen (secondary N) is 2.